The predicted molar refractivity (Wildman–Crippen MR) is 73.3 cm³/mol. The fraction of sp³-hybridized carbons (Fsp3) is 0.538. The fourth-order valence-electron chi connectivity index (χ4n) is 0.906. The van der Waals surface area contributed by atoms with Gasteiger partial charge in [-0.15, -0.1) is 0 Å². The normalized spacial score (nSPS) is 9.78. The van der Waals surface area contributed by atoms with E-state index in [-0.39, 0.29) is 5.91 Å². The molecule has 0 aliphatic heterocycles. The molecule has 0 radical (unpaired) electrons. The van der Waals surface area contributed by atoms with Crippen LogP contribution in [-0.4, -0.2) is 50.5 Å². The van der Waals surface area contributed by atoms with E-state index in [0.29, 0.717) is 5.57 Å². The Hall–Kier alpha value is -1.62. The van der Waals surface area contributed by atoms with Crippen LogP contribution in [0.15, 0.2) is 24.8 Å². The van der Waals surface area contributed by atoms with Crippen LogP contribution in [-0.2, 0) is 4.79 Å². The van der Waals surface area contributed by atoms with Gasteiger partial charge in [0.2, 0.25) is 5.91 Å². The molecule has 104 valence electrons. The summed E-state index contributed by atoms with van der Waals surface area (Å²) in [6.07, 6.45) is 1.95. The summed E-state index contributed by atoms with van der Waals surface area (Å²) in [7, 11) is 6.42. The number of hydrogen-bond acceptors (Lipinski definition) is 3. The first-order valence-electron chi connectivity index (χ1n) is 5.72. The molecule has 2 N–H and O–H groups in total. The van der Waals surface area contributed by atoms with E-state index in [9.17, 15) is 9.90 Å². The predicted octanol–water partition coefficient (Wildman–Crippen LogP) is 0.285. The molecule has 0 fully saturated rings. The minimum Gasteiger partial charge on any atom is -0.859 e. The number of hydrogen-bond donors (Lipinski definition) is 2. The summed E-state index contributed by atoms with van der Waals surface area (Å²) in [4.78, 5) is 11.1. The SMILES string of the molecule is C=C(C)C(=O)NCCC[N+](C)(C)C.C=CC(=N)[O-]. The van der Waals surface area contributed by atoms with Crippen LogP contribution in [0.25, 0.3) is 0 Å². The number of carbonyl (C=O) groups excluding carboxylic acids is 1. The molecule has 0 aliphatic rings. The van der Waals surface area contributed by atoms with E-state index in [0.717, 1.165) is 30.1 Å². The van der Waals surface area contributed by atoms with Gasteiger partial charge in [-0.25, -0.2) is 0 Å². The zero-order chi connectivity index (χ0) is 14.8. The minimum atomic E-state index is -0.731. The number of nitrogens with one attached hydrogen (secondary N) is 2. The van der Waals surface area contributed by atoms with Gasteiger partial charge in [0, 0.05) is 18.5 Å². The van der Waals surface area contributed by atoms with Crippen LogP contribution in [0.5, 0.6) is 0 Å². The standard InChI is InChI=1S/C10H20N2O.C3H5NO/c1-9(2)10(13)11-7-6-8-12(3,4)5;1-2-3(4)5/h1,6-8H2,2-5H3;2H,1H2,(H2,4,5). The Morgan fingerprint density at radius 3 is 2.17 bits per heavy atom. The lowest BCUT2D eigenvalue weighted by Crippen LogP contribution is -2.37. The number of rotatable bonds is 6. The van der Waals surface area contributed by atoms with Crippen molar-refractivity contribution in [3.8, 4) is 0 Å². The molecule has 1 amide bonds. The molecule has 0 spiro atoms. The van der Waals surface area contributed by atoms with E-state index >= 15 is 0 Å². The van der Waals surface area contributed by atoms with Crippen LogP contribution < -0.4 is 10.4 Å². The summed E-state index contributed by atoms with van der Waals surface area (Å²) < 4.78 is 0.933. The lowest BCUT2D eigenvalue weighted by molar-refractivity contribution is -0.870. The lowest BCUT2D eigenvalue weighted by atomic mass is 10.3. The summed E-state index contributed by atoms with van der Waals surface area (Å²) in [5, 5.41) is 18.2. The van der Waals surface area contributed by atoms with Crippen molar-refractivity contribution in [3.63, 3.8) is 0 Å². The molecule has 5 heteroatoms. The Labute approximate surface area is 110 Å². The van der Waals surface area contributed by atoms with Gasteiger partial charge in [-0.05, 0) is 12.8 Å². The van der Waals surface area contributed by atoms with Gasteiger partial charge in [0.05, 0.1) is 27.7 Å². The third kappa shape index (κ3) is 16.8. The van der Waals surface area contributed by atoms with E-state index in [1.165, 1.54) is 0 Å². The van der Waals surface area contributed by atoms with E-state index < -0.39 is 5.90 Å². The van der Waals surface area contributed by atoms with Gasteiger partial charge < -0.3 is 20.3 Å². The molecule has 0 heterocycles. The fourth-order valence-corrected chi connectivity index (χ4v) is 0.906. The molecule has 5 nitrogen and oxygen atoms in total. The molecule has 0 aromatic rings. The van der Waals surface area contributed by atoms with Crippen molar-refractivity contribution >= 4 is 11.8 Å². The van der Waals surface area contributed by atoms with E-state index in [1.807, 2.05) is 0 Å². The summed E-state index contributed by atoms with van der Waals surface area (Å²) >= 11 is 0. The Morgan fingerprint density at radius 2 is 1.89 bits per heavy atom. The highest BCUT2D eigenvalue weighted by Gasteiger charge is 2.06. The van der Waals surface area contributed by atoms with E-state index in [2.05, 4.69) is 39.6 Å². The van der Waals surface area contributed by atoms with Crippen molar-refractivity contribution in [2.24, 2.45) is 0 Å². The van der Waals surface area contributed by atoms with Gasteiger partial charge >= 0.3 is 0 Å². The lowest BCUT2D eigenvalue weighted by Gasteiger charge is -2.23. The molecule has 0 saturated heterocycles. The highest BCUT2D eigenvalue weighted by molar-refractivity contribution is 5.91. The van der Waals surface area contributed by atoms with Crippen molar-refractivity contribution in [1.82, 2.24) is 5.32 Å². The average Bonchev–Trinajstić information content (AvgIpc) is 2.23. The second-order valence-corrected chi connectivity index (χ2v) is 4.97. The quantitative estimate of drug-likeness (QED) is 0.235. The maximum atomic E-state index is 11.1. The van der Waals surface area contributed by atoms with Gasteiger partial charge in [0.1, 0.15) is 0 Å². The van der Waals surface area contributed by atoms with E-state index in [1.54, 1.807) is 6.92 Å². The number of nitrogens with zero attached hydrogens (tertiary/aromatic N) is 1. The topological polar surface area (TPSA) is 76.0 Å². The largest absolute Gasteiger partial charge is 0.859 e. The van der Waals surface area contributed by atoms with Gasteiger partial charge in [-0.3, -0.25) is 4.79 Å². The zero-order valence-electron chi connectivity index (χ0n) is 11.9. The minimum absolute atomic E-state index is 0.0404. The molecule has 18 heavy (non-hydrogen) atoms. The van der Waals surface area contributed by atoms with Crippen molar-refractivity contribution in [3.05, 3.63) is 24.8 Å². The molecule has 0 atom stereocenters. The Morgan fingerprint density at radius 1 is 1.44 bits per heavy atom. The number of carbonyl (C=O) groups is 1. The van der Waals surface area contributed by atoms with Crippen molar-refractivity contribution < 1.29 is 14.4 Å². The van der Waals surface area contributed by atoms with Gasteiger partial charge in [-0.2, -0.15) is 0 Å². The van der Waals surface area contributed by atoms with Crippen molar-refractivity contribution in [1.29, 1.82) is 5.41 Å². The van der Waals surface area contributed by atoms with Gasteiger partial charge in [-0.1, -0.05) is 19.2 Å². The summed E-state index contributed by atoms with van der Waals surface area (Å²) in [6, 6.07) is 0. The molecular weight excluding hydrogens is 230 g/mol. The Kier molecular flexibility index (Phi) is 9.80. The number of quaternary nitrogens is 1. The average molecular weight is 255 g/mol. The Bertz CT molecular complexity index is 304. The second-order valence-electron chi connectivity index (χ2n) is 4.97. The molecule has 0 bridgehead atoms. The smallest absolute Gasteiger partial charge is 0.246 e. The monoisotopic (exact) mass is 255 g/mol. The van der Waals surface area contributed by atoms with Crippen molar-refractivity contribution in [2.45, 2.75) is 13.3 Å². The third-order valence-corrected chi connectivity index (χ3v) is 1.86. The van der Waals surface area contributed by atoms with Gasteiger partial charge in [0.15, 0.2) is 0 Å². The molecule has 0 aromatic heterocycles. The van der Waals surface area contributed by atoms with Crippen LogP contribution in [0.3, 0.4) is 0 Å². The second kappa shape index (κ2) is 9.41. The highest BCUT2D eigenvalue weighted by atomic mass is 16.3. The molecule has 0 aliphatic carbocycles. The first-order chi connectivity index (χ1) is 8.10. The molecular formula is C13H25N3O2. The highest BCUT2D eigenvalue weighted by Crippen LogP contribution is 1.92. The van der Waals surface area contributed by atoms with Crippen LogP contribution in [0.1, 0.15) is 13.3 Å². The van der Waals surface area contributed by atoms with Crippen LogP contribution in [0.2, 0.25) is 0 Å². The zero-order valence-corrected chi connectivity index (χ0v) is 11.9. The van der Waals surface area contributed by atoms with E-state index in [4.69, 9.17) is 5.41 Å². The molecule has 0 aromatic carbocycles. The third-order valence-electron chi connectivity index (χ3n) is 1.86. The summed E-state index contributed by atoms with van der Waals surface area (Å²) in [5.74, 6) is -0.772. The molecule has 0 rings (SSSR count). The maximum Gasteiger partial charge on any atom is 0.246 e. The summed E-state index contributed by atoms with van der Waals surface area (Å²) in [6.45, 7) is 10.1. The Balaban J connectivity index is 0. The van der Waals surface area contributed by atoms with Crippen LogP contribution in [0.4, 0.5) is 0 Å². The first kappa shape index (κ1) is 18.7. The van der Waals surface area contributed by atoms with Crippen LogP contribution in [0, 0.1) is 5.41 Å². The number of amides is 1. The van der Waals surface area contributed by atoms with Gasteiger partial charge in [0.25, 0.3) is 0 Å². The maximum absolute atomic E-state index is 11.1. The van der Waals surface area contributed by atoms with Crippen LogP contribution >= 0.6 is 0 Å². The molecule has 0 saturated carbocycles. The molecule has 0 unspecified atom stereocenters. The van der Waals surface area contributed by atoms with Crippen molar-refractivity contribution in [2.75, 3.05) is 34.2 Å². The first-order valence-corrected chi connectivity index (χ1v) is 5.72. The summed E-state index contributed by atoms with van der Waals surface area (Å²) in [5.41, 5.74) is 0.574.